The zero-order valence-corrected chi connectivity index (χ0v) is 12.2. The van der Waals surface area contributed by atoms with Gasteiger partial charge in [-0.3, -0.25) is 0 Å². The smallest absolute Gasteiger partial charge is 0.0514 e. The molecule has 0 amide bonds. The van der Waals surface area contributed by atoms with Gasteiger partial charge in [-0.05, 0) is 45.9 Å². The van der Waals surface area contributed by atoms with Crippen molar-refractivity contribution in [3.05, 3.63) is 48.4 Å². The van der Waals surface area contributed by atoms with Crippen molar-refractivity contribution in [1.29, 1.82) is 0 Å². The Morgan fingerprint density at radius 1 is 1.12 bits per heavy atom. The van der Waals surface area contributed by atoms with Crippen LogP contribution < -0.4 is 0 Å². The average molecular weight is 233 g/mol. The van der Waals surface area contributed by atoms with Crippen molar-refractivity contribution in [2.75, 3.05) is 0 Å². The van der Waals surface area contributed by atoms with Gasteiger partial charge in [-0.15, -0.1) is 0 Å². The molecule has 0 N–H and O–H groups in total. The Labute approximate surface area is 107 Å². The van der Waals surface area contributed by atoms with Crippen LogP contribution in [0.15, 0.2) is 48.4 Å². The van der Waals surface area contributed by atoms with Gasteiger partial charge in [-0.1, -0.05) is 44.2 Å². The molecule has 17 heavy (non-hydrogen) atoms. The molecule has 0 rings (SSSR count). The number of hydrogen-bond donors (Lipinski definition) is 0. The zero-order chi connectivity index (χ0) is 13.6. The summed E-state index contributed by atoms with van der Waals surface area (Å²) >= 11 is 0. The molecule has 0 aromatic carbocycles. The van der Waals surface area contributed by atoms with Crippen molar-refractivity contribution < 1.29 is 0 Å². The highest BCUT2D eigenvalue weighted by molar-refractivity contribution is 5.24. The molecule has 96 valence electrons. The minimum absolute atomic E-state index is 0.307. The van der Waals surface area contributed by atoms with Crippen LogP contribution in [0.4, 0.5) is 0 Å². The van der Waals surface area contributed by atoms with Crippen LogP contribution in [0.5, 0.6) is 0 Å². The number of allylic oxidation sites excluding steroid dienone is 3. The average Bonchev–Trinajstić information content (AvgIpc) is 2.28. The molecule has 0 aliphatic rings. The lowest BCUT2D eigenvalue weighted by Crippen LogP contribution is -2.27. The lowest BCUT2D eigenvalue weighted by atomic mass is 10.0. The number of nitrogens with zero attached hydrogens (tertiary/aromatic N) is 1. The highest BCUT2D eigenvalue weighted by Crippen LogP contribution is 2.19. The summed E-state index contributed by atoms with van der Waals surface area (Å²) in [6, 6.07) is 0.307. The lowest BCUT2D eigenvalue weighted by Gasteiger charge is -2.29. The van der Waals surface area contributed by atoms with E-state index in [4.69, 9.17) is 0 Å². The normalized spacial score (nSPS) is 14.8. The summed E-state index contributed by atoms with van der Waals surface area (Å²) in [4.78, 5) is 2.11. The van der Waals surface area contributed by atoms with E-state index < -0.39 is 0 Å². The van der Waals surface area contributed by atoms with Gasteiger partial charge in [0.2, 0.25) is 0 Å². The lowest BCUT2D eigenvalue weighted by molar-refractivity contribution is 0.413. The first-order chi connectivity index (χ1) is 7.84. The van der Waals surface area contributed by atoms with Crippen LogP contribution in [0.2, 0.25) is 0 Å². The molecular formula is C16H27N. The fourth-order valence-electron chi connectivity index (χ4n) is 1.49. The number of rotatable bonds is 6. The molecule has 1 heteroatoms. The second-order valence-corrected chi connectivity index (χ2v) is 4.83. The van der Waals surface area contributed by atoms with Gasteiger partial charge in [0.25, 0.3) is 0 Å². The summed E-state index contributed by atoms with van der Waals surface area (Å²) in [6.45, 7) is 20.9. The first-order valence-electron chi connectivity index (χ1n) is 6.25. The minimum atomic E-state index is 0.307. The maximum Gasteiger partial charge on any atom is 0.0514 e. The van der Waals surface area contributed by atoms with Crippen LogP contribution in [-0.4, -0.2) is 10.9 Å². The van der Waals surface area contributed by atoms with Gasteiger partial charge in [0, 0.05) is 5.70 Å². The van der Waals surface area contributed by atoms with Gasteiger partial charge >= 0.3 is 0 Å². The molecule has 0 aliphatic carbocycles. The highest BCUT2D eigenvalue weighted by Gasteiger charge is 2.12. The van der Waals surface area contributed by atoms with E-state index in [9.17, 15) is 0 Å². The summed E-state index contributed by atoms with van der Waals surface area (Å²) in [5.41, 5.74) is 3.66. The van der Waals surface area contributed by atoms with Crippen molar-refractivity contribution in [2.45, 2.75) is 47.6 Å². The summed E-state index contributed by atoms with van der Waals surface area (Å²) in [5, 5.41) is 0. The zero-order valence-electron chi connectivity index (χ0n) is 12.2. The first kappa shape index (κ1) is 15.8. The van der Waals surface area contributed by atoms with Gasteiger partial charge in [0.1, 0.15) is 0 Å². The molecule has 0 fully saturated rings. The molecule has 0 aliphatic heterocycles. The second kappa shape index (κ2) is 7.16. The molecule has 1 unspecified atom stereocenters. The fraction of sp³-hybridized carbons (Fsp3) is 0.500. The van der Waals surface area contributed by atoms with E-state index in [2.05, 4.69) is 71.8 Å². The Morgan fingerprint density at radius 3 is 2.00 bits per heavy atom. The minimum Gasteiger partial charge on any atom is -0.342 e. The predicted octanol–water partition coefficient (Wildman–Crippen LogP) is 4.90. The standard InChI is InChI=1S/C16H27N/c1-9-13(5)16(8)17(10-2)15(7)11-14(6)12(3)4/h9-12,16H,2,7H2,1,3-6,8H3/b13-9+,14-11+. The highest BCUT2D eigenvalue weighted by atomic mass is 15.1. The molecule has 0 saturated heterocycles. The predicted molar refractivity (Wildman–Crippen MR) is 78.7 cm³/mol. The van der Waals surface area contributed by atoms with E-state index >= 15 is 0 Å². The summed E-state index contributed by atoms with van der Waals surface area (Å²) in [5.74, 6) is 0.552. The molecule has 0 spiro atoms. The van der Waals surface area contributed by atoms with Crippen LogP contribution in [0.1, 0.15) is 41.5 Å². The maximum absolute atomic E-state index is 4.14. The molecule has 0 heterocycles. The Kier molecular flexibility index (Phi) is 6.64. The van der Waals surface area contributed by atoms with Crippen molar-refractivity contribution in [3.8, 4) is 0 Å². The van der Waals surface area contributed by atoms with E-state index in [-0.39, 0.29) is 0 Å². The maximum atomic E-state index is 4.14. The van der Waals surface area contributed by atoms with Crippen molar-refractivity contribution >= 4 is 0 Å². The largest absolute Gasteiger partial charge is 0.342 e. The van der Waals surface area contributed by atoms with E-state index in [1.54, 1.807) is 0 Å². The Balaban J connectivity index is 4.97. The molecule has 1 atom stereocenters. The van der Waals surface area contributed by atoms with Gasteiger partial charge in [-0.2, -0.15) is 0 Å². The van der Waals surface area contributed by atoms with Crippen molar-refractivity contribution in [1.82, 2.24) is 4.90 Å². The molecule has 0 aromatic heterocycles. The quantitative estimate of drug-likeness (QED) is 0.466. The van der Waals surface area contributed by atoms with Gasteiger partial charge in [0.05, 0.1) is 6.04 Å². The topological polar surface area (TPSA) is 3.24 Å². The van der Waals surface area contributed by atoms with E-state index in [0.29, 0.717) is 12.0 Å². The molecule has 0 aromatic rings. The van der Waals surface area contributed by atoms with E-state index in [0.717, 1.165) is 5.70 Å². The molecular weight excluding hydrogens is 206 g/mol. The molecule has 1 nitrogen and oxygen atoms in total. The SMILES string of the molecule is C=CN(C(=C)/C=C(\C)C(C)C)C(C)/C(C)=C/C. The first-order valence-corrected chi connectivity index (χ1v) is 6.25. The Morgan fingerprint density at radius 2 is 1.65 bits per heavy atom. The third-order valence-electron chi connectivity index (χ3n) is 3.36. The van der Waals surface area contributed by atoms with E-state index in [1.165, 1.54) is 11.1 Å². The Bertz CT molecular complexity index is 331. The van der Waals surface area contributed by atoms with Crippen LogP contribution in [0.25, 0.3) is 0 Å². The third kappa shape index (κ3) is 4.64. The molecule has 0 bridgehead atoms. The summed E-state index contributed by atoms with van der Waals surface area (Å²) in [6.07, 6.45) is 6.13. The fourth-order valence-corrected chi connectivity index (χ4v) is 1.49. The monoisotopic (exact) mass is 233 g/mol. The van der Waals surface area contributed by atoms with E-state index in [1.807, 2.05) is 6.20 Å². The van der Waals surface area contributed by atoms with Crippen LogP contribution >= 0.6 is 0 Å². The van der Waals surface area contributed by atoms with Gasteiger partial charge in [-0.25, -0.2) is 0 Å². The van der Waals surface area contributed by atoms with Crippen LogP contribution in [0.3, 0.4) is 0 Å². The molecule has 0 radical (unpaired) electrons. The second-order valence-electron chi connectivity index (χ2n) is 4.83. The third-order valence-corrected chi connectivity index (χ3v) is 3.36. The van der Waals surface area contributed by atoms with Crippen LogP contribution in [-0.2, 0) is 0 Å². The van der Waals surface area contributed by atoms with Crippen LogP contribution in [0, 0.1) is 5.92 Å². The summed E-state index contributed by atoms with van der Waals surface area (Å²) in [7, 11) is 0. The van der Waals surface area contributed by atoms with Gasteiger partial charge in [0.15, 0.2) is 0 Å². The number of hydrogen-bond acceptors (Lipinski definition) is 1. The summed E-state index contributed by atoms with van der Waals surface area (Å²) < 4.78 is 0. The van der Waals surface area contributed by atoms with Crippen molar-refractivity contribution in [2.24, 2.45) is 5.92 Å². The Hall–Kier alpha value is -1.24. The van der Waals surface area contributed by atoms with Gasteiger partial charge < -0.3 is 4.90 Å². The molecule has 0 saturated carbocycles. The van der Waals surface area contributed by atoms with Crippen molar-refractivity contribution in [3.63, 3.8) is 0 Å².